The highest BCUT2D eigenvalue weighted by Crippen LogP contribution is 2.15. The maximum atomic E-state index is 9.06. The zero-order valence-corrected chi connectivity index (χ0v) is 8.54. The lowest BCUT2D eigenvalue weighted by atomic mass is 10.2. The molecule has 0 radical (unpaired) electrons. The van der Waals surface area contributed by atoms with E-state index in [1.165, 1.54) is 6.42 Å². The molecule has 0 unspecified atom stereocenters. The van der Waals surface area contributed by atoms with Crippen molar-refractivity contribution >= 4 is 0 Å². The first-order chi connectivity index (χ1) is 6.38. The van der Waals surface area contributed by atoms with Gasteiger partial charge in [0, 0.05) is 19.2 Å². The average Bonchev–Trinajstić information content (AvgIpc) is 2.60. The minimum atomic E-state index is 0.299. The number of nitrogens with zero attached hydrogens (tertiary/aromatic N) is 1. The molecule has 13 heavy (non-hydrogen) atoms. The Labute approximate surface area is 80.7 Å². The maximum Gasteiger partial charge on any atom is 0.0593 e. The summed E-state index contributed by atoms with van der Waals surface area (Å²) in [6, 6.07) is 0.394. The van der Waals surface area contributed by atoms with Gasteiger partial charge in [-0.1, -0.05) is 6.92 Å². The molecule has 1 rings (SSSR count). The second-order valence-corrected chi connectivity index (χ2v) is 3.63. The Morgan fingerprint density at radius 2 is 2.31 bits per heavy atom. The number of ether oxygens (including phenoxy) is 1. The summed E-state index contributed by atoms with van der Waals surface area (Å²) in [5.41, 5.74) is 0. The molecule has 0 amide bonds. The van der Waals surface area contributed by atoms with Crippen LogP contribution in [0.25, 0.3) is 0 Å². The molecule has 1 heterocycles. The van der Waals surface area contributed by atoms with Crippen LogP contribution in [0.2, 0.25) is 0 Å². The van der Waals surface area contributed by atoms with E-state index in [1.54, 1.807) is 0 Å². The fourth-order valence-electron chi connectivity index (χ4n) is 1.82. The van der Waals surface area contributed by atoms with Crippen molar-refractivity contribution in [2.45, 2.75) is 32.2 Å². The van der Waals surface area contributed by atoms with Gasteiger partial charge >= 0.3 is 0 Å². The molecular formula is C10H21NO2. The van der Waals surface area contributed by atoms with Crippen LogP contribution in [0.5, 0.6) is 0 Å². The van der Waals surface area contributed by atoms with Crippen LogP contribution >= 0.6 is 0 Å². The van der Waals surface area contributed by atoms with E-state index in [-0.39, 0.29) is 0 Å². The van der Waals surface area contributed by atoms with Gasteiger partial charge in [-0.2, -0.15) is 0 Å². The summed E-state index contributed by atoms with van der Waals surface area (Å²) in [5.74, 6) is 0. The zero-order chi connectivity index (χ0) is 9.52. The van der Waals surface area contributed by atoms with Gasteiger partial charge in [0.05, 0.1) is 13.2 Å². The van der Waals surface area contributed by atoms with Gasteiger partial charge in [-0.25, -0.2) is 0 Å². The Balaban J connectivity index is 2.06. The number of aliphatic hydroxyl groups is 1. The molecule has 0 spiro atoms. The first-order valence-corrected chi connectivity index (χ1v) is 5.31. The Morgan fingerprint density at radius 1 is 1.46 bits per heavy atom. The fourth-order valence-corrected chi connectivity index (χ4v) is 1.82. The molecule has 3 nitrogen and oxygen atoms in total. The van der Waals surface area contributed by atoms with Crippen molar-refractivity contribution in [3.8, 4) is 0 Å². The molecule has 1 N–H and O–H groups in total. The van der Waals surface area contributed by atoms with E-state index in [4.69, 9.17) is 9.84 Å². The van der Waals surface area contributed by atoms with Crippen molar-refractivity contribution in [3.05, 3.63) is 0 Å². The normalized spacial score (nSPS) is 24.0. The molecule has 0 aliphatic carbocycles. The van der Waals surface area contributed by atoms with E-state index in [2.05, 4.69) is 11.8 Å². The minimum absolute atomic E-state index is 0.299. The molecule has 1 fully saturated rings. The smallest absolute Gasteiger partial charge is 0.0593 e. The number of rotatable bonds is 6. The summed E-state index contributed by atoms with van der Waals surface area (Å²) in [7, 11) is 0. The summed E-state index contributed by atoms with van der Waals surface area (Å²) in [6.07, 6.45) is 3.45. The summed E-state index contributed by atoms with van der Waals surface area (Å²) >= 11 is 0. The molecule has 78 valence electrons. The van der Waals surface area contributed by atoms with Crippen molar-refractivity contribution in [2.75, 3.05) is 32.9 Å². The van der Waals surface area contributed by atoms with E-state index in [0.29, 0.717) is 12.6 Å². The Kier molecular flexibility index (Phi) is 5.35. The monoisotopic (exact) mass is 187 g/mol. The summed E-state index contributed by atoms with van der Waals surface area (Å²) in [4.78, 5) is 2.33. The van der Waals surface area contributed by atoms with E-state index >= 15 is 0 Å². The molecule has 1 aliphatic rings. The highest BCUT2D eigenvalue weighted by atomic mass is 16.5. The standard InChI is InChI=1S/C10H21NO2/c1-2-7-13-8-6-11-5-3-4-10(11)9-12/h10,12H,2-9H2,1H3/t10-/m0/s1. The third-order valence-corrected chi connectivity index (χ3v) is 2.58. The van der Waals surface area contributed by atoms with Gasteiger partial charge < -0.3 is 9.84 Å². The van der Waals surface area contributed by atoms with Crippen LogP contribution in [0.1, 0.15) is 26.2 Å². The molecular weight excluding hydrogens is 166 g/mol. The summed E-state index contributed by atoms with van der Waals surface area (Å²) in [6.45, 7) is 6.19. The van der Waals surface area contributed by atoms with E-state index < -0.39 is 0 Å². The van der Waals surface area contributed by atoms with Crippen LogP contribution in [0.15, 0.2) is 0 Å². The lowest BCUT2D eigenvalue weighted by molar-refractivity contribution is 0.0856. The topological polar surface area (TPSA) is 32.7 Å². The van der Waals surface area contributed by atoms with Gasteiger partial charge in [0.25, 0.3) is 0 Å². The molecule has 0 saturated carbocycles. The van der Waals surface area contributed by atoms with E-state index in [9.17, 15) is 0 Å². The second kappa shape index (κ2) is 6.35. The van der Waals surface area contributed by atoms with E-state index in [1.807, 2.05) is 0 Å². The molecule has 0 aromatic rings. The highest BCUT2D eigenvalue weighted by Gasteiger charge is 2.22. The molecule has 0 bridgehead atoms. The summed E-state index contributed by atoms with van der Waals surface area (Å²) < 4.78 is 5.41. The van der Waals surface area contributed by atoms with Crippen molar-refractivity contribution in [1.29, 1.82) is 0 Å². The number of hydrogen-bond donors (Lipinski definition) is 1. The SMILES string of the molecule is CCCOCCN1CCC[C@H]1CO. The summed E-state index contributed by atoms with van der Waals surface area (Å²) in [5, 5.41) is 9.06. The van der Waals surface area contributed by atoms with Gasteiger partial charge in [-0.05, 0) is 25.8 Å². The van der Waals surface area contributed by atoms with Crippen LogP contribution in [0.4, 0.5) is 0 Å². The van der Waals surface area contributed by atoms with Gasteiger partial charge in [-0.3, -0.25) is 4.90 Å². The average molecular weight is 187 g/mol. The van der Waals surface area contributed by atoms with Crippen LogP contribution < -0.4 is 0 Å². The van der Waals surface area contributed by atoms with Gasteiger partial charge in [-0.15, -0.1) is 0 Å². The Hall–Kier alpha value is -0.120. The van der Waals surface area contributed by atoms with Crippen molar-refractivity contribution in [1.82, 2.24) is 4.90 Å². The van der Waals surface area contributed by atoms with Crippen LogP contribution in [0.3, 0.4) is 0 Å². The fraction of sp³-hybridized carbons (Fsp3) is 1.00. The van der Waals surface area contributed by atoms with Crippen molar-refractivity contribution in [2.24, 2.45) is 0 Å². The largest absolute Gasteiger partial charge is 0.395 e. The third-order valence-electron chi connectivity index (χ3n) is 2.58. The highest BCUT2D eigenvalue weighted by molar-refractivity contribution is 4.77. The van der Waals surface area contributed by atoms with E-state index in [0.717, 1.165) is 39.1 Å². The number of hydrogen-bond acceptors (Lipinski definition) is 3. The molecule has 0 aromatic carbocycles. The van der Waals surface area contributed by atoms with Gasteiger partial charge in [0.15, 0.2) is 0 Å². The minimum Gasteiger partial charge on any atom is -0.395 e. The van der Waals surface area contributed by atoms with Crippen LogP contribution in [-0.2, 0) is 4.74 Å². The molecule has 0 aromatic heterocycles. The lowest BCUT2D eigenvalue weighted by Gasteiger charge is -2.22. The molecule has 3 heteroatoms. The second-order valence-electron chi connectivity index (χ2n) is 3.63. The van der Waals surface area contributed by atoms with Crippen LogP contribution in [0, 0.1) is 0 Å². The van der Waals surface area contributed by atoms with Crippen molar-refractivity contribution in [3.63, 3.8) is 0 Å². The van der Waals surface area contributed by atoms with Crippen molar-refractivity contribution < 1.29 is 9.84 Å². The first-order valence-electron chi connectivity index (χ1n) is 5.31. The van der Waals surface area contributed by atoms with Gasteiger partial charge in [0.1, 0.15) is 0 Å². The predicted octanol–water partition coefficient (Wildman–Crippen LogP) is 0.870. The first kappa shape index (κ1) is 11.0. The Morgan fingerprint density at radius 3 is 3.00 bits per heavy atom. The predicted molar refractivity (Wildman–Crippen MR) is 52.8 cm³/mol. The zero-order valence-electron chi connectivity index (χ0n) is 8.54. The van der Waals surface area contributed by atoms with Crippen LogP contribution in [-0.4, -0.2) is 49.0 Å². The molecule has 1 atom stereocenters. The number of likely N-dealkylation sites (tertiary alicyclic amines) is 1. The third kappa shape index (κ3) is 3.63. The quantitative estimate of drug-likeness (QED) is 0.626. The molecule has 1 aliphatic heterocycles. The van der Waals surface area contributed by atoms with Gasteiger partial charge in [0.2, 0.25) is 0 Å². The molecule has 1 saturated heterocycles. The maximum absolute atomic E-state index is 9.06. The Bertz CT molecular complexity index is 130. The lowest BCUT2D eigenvalue weighted by Crippen LogP contribution is -2.34. The number of aliphatic hydroxyl groups excluding tert-OH is 1.